The summed E-state index contributed by atoms with van der Waals surface area (Å²) in [6.07, 6.45) is 4.16. The van der Waals surface area contributed by atoms with Gasteiger partial charge in [-0.2, -0.15) is 0 Å². The summed E-state index contributed by atoms with van der Waals surface area (Å²) in [6.45, 7) is 7.23. The molecule has 0 bridgehead atoms. The molecule has 1 rings (SSSR count). The van der Waals surface area contributed by atoms with Crippen molar-refractivity contribution in [1.29, 1.82) is 0 Å². The zero-order valence-corrected chi connectivity index (χ0v) is 12.2. The number of nitrogens with zero attached hydrogens (tertiary/aromatic N) is 1. The summed E-state index contributed by atoms with van der Waals surface area (Å²) in [7, 11) is 0. The van der Waals surface area contributed by atoms with Crippen LogP contribution in [0.1, 0.15) is 46.0 Å². The van der Waals surface area contributed by atoms with Crippen LogP contribution in [0.4, 0.5) is 0 Å². The summed E-state index contributed by atoms with van der Waals surface area (Å²) >= 11 is 0. The van der Waals surface area contributed by atoms with E-state index >= 15 is 0 Å². The summed E-state index contributed by atoms with van der Waals surface area (Å²) in [5, 5.41) is 3.06. The summed E-state index contributed by atoms with van der Waals surface area (Å²) in [5.41, 5.74) is 5.17. The van der Waals surface area contributed by atoms with Gasteiger partial charge in [-0.1, -0.05) is 13.8 Å². The van der Waals surface area contributed by atoms with Crippen molar-refractivity contribution in [3.8, 4) is 0 Å². The van der Waals surface area contributed by atoms with Gasteiger partial charge in [-0.25, -0.2) is 0 Å². The van der Waals surface area contributed by atoms with Gasteiger partial charge in [-0.3, -0.25) is 9.59 Å². The van der Waals surface area contributed by atoms with Crippen molar-refractivity contribution in [2.24, 2.45) is 11.7 Å². The van der Waals surface area contributed by atoms with Gasteiger partial charge in [0, 0.05) is 31.5 Å². The number of nitrogens with two attached hydrogens (primary N) is 1. The number of primary amides is 1. The van der Waals surface area contributed by atoms with E-state index in [-0.39, 0.29) is 17.7 Å². The van der Waals surface area contributed by atoms with Crippen molar-refractivity contribution in [2.45, 2.75) is 52.0 Å². The molecule has 3 N–H and O–H groups in total. The second kappa shape index (κ2) is 8.15. The Morgan fingerprint density at radius 1 is 1.37 bits per heavy atom. The van der Waals surface area contributed by atoms with Crippen molar-refractivity contribution in [3.63, 3.8) is 0 Å². The normalized spacial score (nSPS) is 19.1. The molecule has 1 aliphatic rings. The van der Waals surface area contributed by atoms with Crippen molar-refractivity contribution >= 4 is 11.8 Å². The van der Waals surface area contributed by atoms with E-state index in [9.17, 15) is 9.59 Å². The minimum atomic E-state index is -0.333. The van der Waals surface area contributed by atoms with E-state index in [1.807, 2.05) is 0 Å². The molecule has 1 atom stereocenters. The van der Waals surface area contributed by atoms with Crippen LogP contribution in [0, 0.1) is 5.92 Å². The third-order valence-electron chi connectivity index (χ3n) is 3.78. The van der Waals surface area contributed by atoms with Gasteiger partial charge in [0.15, 0.2) is 0 Å². The molecule has 0 unspecified atom stereocenters. The van der Waals surface area contributed by atoms with E-state index in [1.54, 1.807) is 6.92 Å². The largest absolute Gasteiger partial charge is 0.369 e. The Hall–Kier alpha value is -1.10. The number of amides is 2. The molecule has 0 aliphatic carbocycles. The Balaban J connectivity index is 2.18. The molecule has 0 radical (unpaired) electrons. The van der Waals surface area contributed by atoms with Crippen LogP contribution in [0.5, 0.6) is 0 Å². The third kappa shape index (κ3) is 6.05. The van der Waals surface area contributed by atoms with Crippen LogP contribution in [0.3, 0.4) is 0 Å². The number of carbonyl (C=O) groups is 2. The first-order valence-electron chi connectivity index (χ1n) is 7.34. The van der Waals surface area contributed by atoms with Gasteiger partial charge in [0.1, 0.15) is 0 Å². The van der Waals surface area contributed by atoms with E-state index < -0.39 is 0 Å². The number of likely N-dealkylation sites (tertiary alicyclic amines) is 1. The van der Waals surface area contributed by atoms with Gasteiger partial charge in [-0.05, 0) is 32.2 Å². The molecule has 110 valence electrons. The fraction of sp³-hybridized carbons (Fsp3) is 0.857. The van der Waals surface area contributed by atoms with Crippen LogP contribution in [-0.4, -0.2) is 42.4 Å². The maximum absolute atomic E-state index is 11.8. The van der Waals surface area contributed by atoms with Crippen LogP contribution in [-0.2, 0) is 9.59 Å². The third-order valence-corrected chi connectivity index (χ3v) is 3.78. The zero-order chi connectivity index (χ0) is 14.3. The highest BCUT2D eigenvalue weighted by Crippen LogP contribution is 2.11. The molecular weight excluding hydrogens is 242 g/mol. The lowest BCUT2D eigenvalue weighted by molar-refractivity contribution is -0.123. The summed E-state index contributed by atoms with van der Waals surface area (Å²) < 4.78 is 0. The molecule has 0 aromatic carbocycles. The Labute approximate surface area is 115 Å². The molecule has 1 saturated heterocycles. The Bertz CT molecular complexity index is 299. The molecule has 5 heteroatoms. The number of nitrogens with one attached hydrogen (secondary N) is 1. The second-order valence-corrected chi connectivity index (χ2v) is 5.53. The SMILES string of the molecule is CCCN1CCC(NC(=O)CC[C@H](C)C(N)=O)CC1. The van der Waals surface area contributed by atoms with Gasteiger partial charge < -0.3 is 16.0 Å². The van der Waals surface area contributed by atoms with Crippen LogP contribution < -0.4 is 11.1 Å². The maximum atomic E-state index is 11.8. The topological polar surface area (TPSA) is 75.4 Å². The Morgan fingerprint density at radius 2 is 2.00 bits per heavy atom. The van der Waals surface area contributed by atoms with Crippen LogP contribution >= 0.6 is 0 Å². The van der Waals surface area contributed by atoms with Crippen molar-refractivity contribution in [1.82, 2.24) is 10.2 Å². The highest BCUT2D eigenvalue weighted by atomic mass is 16.2. The Morgan fingerprint density at radius 3 is 2.53 bits per heavy atom. The molecule has 1 aliphatic heterocycles. The molecule has 1 fully saturated rings. The van der Waals surface area contributed by atoms with Gasteiger partial charge >= 0.3 is 0 Å². The number of carbonyl (C=O) groups excluding carboxylic acids is 2. The van der Waals surface area contributed by atoms with Crippen LogP contribution in [0.2, 0.25) is 0 Å². The van der Waals surface area contributed by atoms with Crippen molar-refractivity contribution in [2.75, 3.05) is 19.6 Å². The lowest BCUT2D eigenvalue weighted by Gasteiger charge is -2.32. The molecule has 0 aromatic rings. The molecule has 5 nitrogen and oxygen atoms in total. The van der Waals surface area contributed by atoms with Gasteiger partial charge in [0.25, 0.3) is 0 Å². The summed E-state index contributed by atoms with van der Waals surface area (Å²) in [6, 6.07) is 0.296. The molecule has 0 spiro atoms. The second-order valence-electron chi connectivity index (χ2n) is 5.53. The summed E-state index contributed by atoms with van der Waals surface area (Å²) in [5.74, 6) is -0.514. The van der Waals surface area contributed by atoms with Crippen LogP contribution in [0.15, 0.2) is 0 Å². The minimum Gasteiger partial charge on any atom is -0.369 e. The fourth-order valence-corrected chi connectivity index (χ4v) is 2.41. The Kier molecular flexibility index (Phi) is 6.84. The standard InChI is InChI=1S/C14H27N3O2/c1-3-8-17-9-6-12(7-10-17)16-13(18)5-4-11(2)14(15)19/h11-12H,3-10H2,1-2H3,(H2,15,19)(H,16,18)/t11-/m0/s1. The van der Waals surface area contributed by atoms with Crippen molar-refractivity contribution in [3.05, 3.63) is 0 Å². The fourth-order valence-electron chi connectivity index (χ4n) is 2.41. The van der Waals surface area contributed by atoms with Crippen LogP contribution in [0.25, 0.3) is 0 Å². The first kappa shape index (κ1) is 16.0. The lowest BCUT2D eigenvalue weighted by atomic mass is 10.0. The molecule has 0 aromatic heterocycles. The van der Waals surface area contributed by atoms with E-state index in [1.165, 1.54) is 6.42 Å². The highest BCUT2D eigenvalue weighted by molar-refractivity contribution is 5.79. The van der Waals surface area contributed by atoms with Crippen molar-refractivity contribution < 1.29 is 9.59 Å². The quantitative estimate of drug-likeness (QED) is 0.720. The lowest BCUT2D eigenvalue weighted by Crippen LogP contribution is -2.44. The van der Waals surface area contributed by atoms with Gasteiger partial charge in [-0.15, -0.1) is 0 Å². The summed E-state index contributed by atoms with van der Waals surface area (Å²) in [4.78, 5) is 25.1. The number of piperidine rings is 1. The maximum Gasteiger partial charge on any atom is 0.220 e. The number of hydrogen-bond donors (Lipinski definition) is 2. The number of rotatable bonds is 7. The molecular formula is C14H27N3O2. The first-order chi connectivity index (χ1) is 9.02. The molecule has 1 heterocycles. The van der Waals surface area contributed by atoms with E-state index in [0.717, 1.165) is 32.5 Å². The van der Waals surface area contributed by atoms with E-state index in [4.69, 9.17) is 5.73 Å². The monoisotopic (exact) mass is 269 g/mol. The first-order valence-corrected chi connectivity index (χ1v) is 7.34. The average molecular weight is 269 g/mol. The molecule has 2 amide bonds. The predicted molar refractivity (Wildman–Crippen MR) is 75.5 cm³/mol. The van der Waals surface area contributed by atoms with Gasteiger partial charge in [0.05, 0.1) is 0 Å². The average Bonchev–Trinajstić information content (AvgIpc) is 2.38. The van der Waals surface area contributed by atoms with E-state index in [2.05, 4.69) is 17.1 Å². The minimum absolute atomic E-state index is 0.0436. The molecule has 0 saturated carbocycles. The number of hydrogen-bond acceptors (Lipinski definition) is 3. The van der Waals surface area contributed by atoms with Gasteiger partial charge in [0.2, 0.25) is 11.8 Å². The smallest absolute Gasteiger partial charge is 0.220 e. The van der Waals surface area contributed by atoms with E-state index in [0.29, 0.717) is 18.9 Å². The predicted octanol–water partition coefficient (Wildman–Crippen LogP) is 0.879. The highest BCUT2D eigenvalue weighted by Gasteiger charge is 2.20. The molecule has 19 heavy (non-hydrogen) atoms. The zero-order valence-electron chi connectivity index (χ0n) is 12.2.